The van der Waals surface area contributed by atoms with Gasteiger partial charge in [0.05, 0.1) is 4.90 Å². The van der Waals surface area contributed by atoms with Crippen molar-refractivity contribution in [2.45, 2.75) is 43.4 Å². The van der Waals surface area contributed by atoms with Gasteiger partial charge < -0.3 is 0 Å². The Morgan fingerprint density at radius 3 is 2.29 bits per heavy atom. The van der Waals surface area contributed by atoms with Gasteiger partial charge in [-0.25, -0.2) is 12.7 Å². The second-order valence-electron chi connectivity index (χ2n) is 7.70. The fourth-order valence-corrected chi connectivity index (χ4v) is 6.12. The summed E-state index contributed by atoms with van der Waals surface area (Å²) in [6, 6.07) is 16.0. The third kappa shape index (κ3) is 2.78. The van der Waals surface area contributed by atoms with E-state index in [1.54, 1.807) is 12.1 Å². The molecule has 2 atom stereocenters. The van der Waals surface area contributed by atoms with Crippen LogP contribution in [-0.4, -0.2) is 31.0 Å². The highest BCUT2D eigenvalue weighted by molar-refractivity contribution is 7.89. The Balaban J connectivity index is 1.77. The Bertz CT molecular complexity index is 1010. The summed E-state index contributed by atoms with van der Waals surface area (Å²) < 4.78 is 27.3. The molecule has 2 aliphatic rings. The van der Waals surface area contributed by atoms with E-state index in [4.69, 9.17) is 0 Å². The molecule has 2 aromatic carbocycles. The zero-order valence-electron chi connectivity index (χ0n) is 15.8. The highest BCUT2D eigenvalue weighted by Gasteiger charge is 2.59. The van der Waals surface area contributed by atoms with Gasteiger partial charge in [0.1, 0.15) is 11.2 Å². The smallest absolute Gasteiger partial charge is 0.266 e. The van der Waals surface area contributed by atoms with Gasteiger partial charge in [-0.1, -0.05) is 48.0 Å². The number of sulfonamides is 1. The minimum absolute atomic E-state index is 0.0869. The molecule has 1 heterocycles. The highest BCUT2D eigenvalue weighted by atomic mass is 32.2. The maximum Gasteiger partial charge on any atom is 0.266 e. The number of nitrogens with zero attached hydrogens (tertiary/aromatic N) is 1. The van der Waals surface area contributed by atoms with Crippen molar-refractivity contribution in [3.05, 3.63) is 65.7 Å². The molecule has 1 aliphatic carbocycles. The third-order valence-corrected chi connectivity index (χ3v) is 7.90. The van der Waals surface area contributed by atoms with Gasteiger partial charge >= 0.3 is 0 Å². The minimum atomic E-state index is -3.99. The van der Waals surface area contributed by atoms with Gasteiger partial charge in [-0.05, 0) is 43.9 Å². The predicted octanol–water partition coefficient (Wildman–Crippen LogP) is 3.44. The van der Waals surface area contributed by atoms with E-state index in [2.05, 4.69) is 0 Å². The molecule has 0 N–H and O–H groups in total. The van der Waals surface area contributed by atoms with Crippen molar-refractivity contribution in [2.24, 2.45) is 5.41 Å². The molecule has 1 amide bonds. The summed E-state index contributed by atoms with van der Waals surface area (Å²) in [7, 11) is -3.99. The number of hydrogen-bond acceptors (Lipinski definition) is 4. The molecular weight excluding hydrogens is 374 g/mol. The topological polar surface area (TPSA) is 71.5 Å². The Morgan fingerprint density at radius 1 is 1.00 bits per heavy atom. The van der Waals surface area contributed by atoms with Crippen LogP contribution in [0.25, 0.3) is 0 Å². The third-order valence-electron chi connectivity index (χ3n) is 6.11. The van der Waals surface area contributed by atoms with Crippen LogP contribution in [0.15, 0.2) is 59.5 Å². The van der Waals surface area contributed by atoms with Crippen molar-refractivity contribution in [1.82, 2.24) is 4.31 Å². The number of rotatable bonds is 3. The first-order chi connectivity index (χ1) is 13.4. The lowest BCUT2D eigenvalue weighted by Crippen LogP contribution is -2.56. The summed E-state index contributed by atoms with van der Waals surface area (Å²) in [5, 5.41) is 0. The second kappa shape index (κ2) is 6.85. The first kappa shape index (κ1) is 18.9. The Kier molecular flexibility index (Phi) is 4.62. The molecule has 0 aromatic heterocycles. The Labute approximate surface area is 165 Å². The number of benzene rings is 2. The van der Waals surface area contributed by atoms with E-state index in [1.807, 2.05) is 37.3 Å². The maximum absolute atomic E-state index is 13.6. The number of carbonyl (C=O) groups excluding carboxylic acids is 2. The van der Waals surface area contributed by atoms with Crippen LogP contribution in [-0.2, 0) is 19.6 Å². The average molecular weight is 397 g/mol. The number of carbonyl (C=O) groups is 2. The standard InChI is InChI=1S/C22H23NO4S/c1-16-9-11-18(12-10-16)28(26,27)23-15-13-19(17-6-3-2-4-7-17)22(21(23)25)14-5-8-20(22)24/h2-4,6-7,9-12,19H,5,8,13-15H2,1H3/t19-,22-/m0/s1. The van der Waals surface area contributed by atoms with Gasteiger partial charge in [-0.15, -0.1) is 0 Å². The Hall–Kier alpha value is -2.47. The van der Waals surface area contributed by atoms with Gasteiger partial charge in [-0.2, -0.15) is 0 Å². The van der Waals surface area contributed by atoms with E-state index >= 15 is 0 Å². The van der Waals surface area contributed by atoms with Gasteiger partial charge in [0, 0.05) is 18.9 Å². The molecule has 5 nitrogen and oxygen atoms in total. The number of hydrogen-bond donors (Lipinski definition) is 0. The van der Waals surface area contributed by atoms with E-state index in [1.165, 1.54) is 12.1 Å². The van der Waals surface area contributed by atoms with Crippen LogP contribution in [0.4, 0.5) is 0 Å². The molecule has 1 saturated heterocycles. The van der Waals surface area contributed by atoms with Gasteiger partial charge in [0.25, 0.3) is 15.9 Å². The monoisotopic (exact) mass is 397 g/mol. The second-order valence-corrected chi connectivity index (χ2v) is 9.56. The van der Waals surface area contributed by atoms with Crippen LogP contribution in [0.3, 0.4) is 0 Å². The Morgan fingerprint density at radius 2 is 1.68 bits per heavy atom. The molecule has 2 aromatic rings. The first-order valence-corrected chi connectivity index (χ1v) is 11.0. The lowest BCUT2D eigenvalue weighted by Gasteiger charge is -2.43. The van der Waals surface area contributed by atoms with Crippen molar-refractivity contribution in [1.29, 1.82) is 0 Å². The first-order valence-electron chi connectivity index (χ1n) is 9.59. The normalized spacial score (nSPS) is 25.5. The molecule has 1 spiro atoms. The minimum Gasteiger partial charge on any atom is -0.298 e. The predicted molar refractivity (Wildman–Crippen MR) is 105 cm³/mol. The molecule has 0 radical (unpaired) electrons. The van der Waals surface area contributed by atoms with Gasteiger partial charge in [-0.3, -0.25) is 9.59 Å². The molecule has 0 unspecified atom stereocenters. The number of amides is 1. The molecule has 146 valence electrons. The number of ketones is 1. The average Bonchev–Trinajstić information content (AvgIpc) is 3.07. The van der Waals surface area contributed by atoms with Crippen LogP contribution < -0.4 is 0 Å². The summed E-state index contributed by atoms with van der Waals surface area (Å²) in [6.45, 7) is 1.96. The lowest BCUT2D eigenvalue weighted by atomic mass is 9.66. The zero-order chi connectivity index (χ0) is 19.9. The van der Waals surface area contributed by atoms with E-state index in [0.29, 0.717) is 25.7 Å². The molecule has 1 saturated carbocycles. The number of Topliss-reactive ketones (excluding diaryl/α,β-unsaturated/α-hetero) is 1. The summed E-state index contributed by atoms with van der Waals surface area (Å²) in [5.74, 6) is -0.966. The summed E-state index contributed by atoms with van der Waals surface area (Å²) in [6.07, 6.45) is 1.80. The summed E-state index contributed by atoms with van der Waals surface area (Å²) in [5.41, 5.74) is 0.603. The van der Waals surface area contributed by atoms with Gasteiger partial charge in [0.2, 0.25) is 0 Å². The number of piperidine rings is 1. The van der Waals surface area contributed by atoms with Crippen molar-refractivity contribution >= 4 is 21.7 Å². The maximum atomic E-state index is 13.6. The van der Waals surface area contributed by atoms with Crippen molar-refractivity contribution in [2.75, 3.05) is 6.54 Å². The lowest BCUT2D eigenvalue weighted by molar-refractivity contribution is -0.149. The SMILES string of the molecule is Cc1ccc(S(=O)(=O)N2CC[C@@H](c3ccccc3)[C@]3(CCCC3=O)C2=O)cc1. The van der Waals surface area contributed by atoms with Crippen molar-refractivity contribution < 1.29 is 18.0 Å². The van der Waals surface area contributed by atoms with Crippen molar-refractivity contribution in [3.8, 4) is 0 Å². The fraction of sp³-hybridized carbons (Fsp3) is 0.364. The molecular formula is C22H23NO4S. The van der Waals surface area contributed by atoms with E-state index in [0.717, 1.165) is 15.4 Å². The van der Waals surface area contributed by atoms with E-state index in [9.17, 15) is 18.0 Å². The van der Waals surface area contributed by atoms with Crippen LogP contribution in [0.1, 0.15) is 42.7 Å². The van der Waals surface area contributed by atoms with E-state index < -0.39 is 21.3 Å². The quantitative estimate of drug-likeness (QED) is 0.744. The van der Waals surface area contributed by atoms with Crippen LogP contribution in [0, 0.1) is 12.3 Å². The summed E-state index contributed by atoms with van der Waals surface area (Å²) in [4.78, 5) is 26.6. The molecule has 6 heteroatoms. The van der Waals surface area contributed by atoms with Crippen LogP contribution in [0.2, 0.25) is 0 Å². The fourth-order valence-electron chi connectivity index (χ4n) is 4.65. The largest absolute Gasteiger partial charge is 0.298 e. The molecule has 2 fully saturated rings. The molecule has 0 bridgehead atoms. The summed E-state index contributed by atoms with van der Waals surface area (Å²) >= 11 is 0. The molecule has 28 heavy (non-hydrogen) atoms. The van der Waals surface area contributed by atoms with Crippen LogP contribution in [0.5, 0.6) is 0 Å². The molecule has 1 aliphatic heterocycles. The number of aryl methyl sites for hydroxylation is 1. The molecule has 4 rings (SSSR count). The van der Waals surface area contributed by atoms with E-state index in [-0.39, 0.29) is 23.1 Å². The highest BCUT2D eigenvalue weighted by Crippen LogP contribution is 2.52. The van der Waals surface area contributed by atoms with Gasteiger partial charge in [0.15, 0.2) is 0 Å². The van der Waals surface area contributed by atoms with Crippen LogP contribution >= 0.6 is 0 Å². The van der Waals surface area contributed by atoms with Crippen molar-refractivity contribution in [3.63, 3.8) is 0 Å². The zero-order valence-corrected chi connectivity index (χ0v) is 16.6.